The van der Waals surface area contributed by atoms with Crippen LogP contribution in [0.2, 0.25) is 0 Å². The monoisotopic (exact) mass is 160 g/mol. The molecule has 0 atom stereocenters. The van der Waals surface area contributed by atoms with Crippen molar-refractivity contribution in [3.05, 3.63) is 0 Å². The molecule has 0 aromatic heterocycles. The zero-order chi connectivity index (χ0) is 8.53. The third-order valence-corrected chi connectivity index (χ3v) is 1.12. The highest BCUT2D eigenvalue weighted by Crippen LogP contribution is 1.89. The van der Waals surface area contributed by atoms with E-state index < -0.39 is 0 Å². The van der Waals surface area contributed by atoms with E-state index in [9.17, 15) is 4.79 Å². The quantitative estimate of drug-likeness (QED) is 0.435. The van der Waals surface area contributed by atoms with Crippen molar-refractivity contribution in [2.75, 3.05) is 19.8 Å². The summed E-state index contributed by atoms with van der Waals surface area (Å²) in [4.78, 5) is 10.8. The van der Waals surface area contributed by atoms with Crippen molar-refractivity contribution in [2.45, 2.75) is 26.7 Å². The molecule has 0 unspecified atom stereocenters. The first-order valence-corrected chi connectivity index (χ1v) is 4.04. The lowest BCUT2D eigenvalue weighted by Gasteiger charge is -2.02. The molecule has 0 rings (SSSR count). The molecule has 0 amide bonds. The summed E-state index contributed by atoms with van der Waals surface area (Å²) >= 11 is 0. The molecule has 0 bridgehead atoms. The Bertz CT molecular complexity index is 102. The van der Waals surface area contributed by atoms with Crippen LogP contribution in [0.3, 0.4) is 0 Å². The molecule has 0 saturated carbocycles. The van der Waals surface area contributed by atoms with Crippen molar-refractivity contribution in [3.8, 4) is 0 Å². The second kappa shape index (κ2) is 7.54. The maximum Gasteiger partial charge on any atom is 0.308 e. The molecule has 3 nitrogen and oxygen atoms in total. The fourth-order valence-corrected chi connectivity index (χ4v) is 0.588. The fourth-order valence-electron chi connectivity index (χ4n) is 0.588. The third kappa shape index (κ3) is 7.33. The van der Waals surface area contributed by atoms with Crippen LogP contribution in [0.1, 0.15) is 26.7 Å². The first-order valence-electron chi connectivity index (χ1n) is 4.04. The highest BCUT2D eigenvalue weighted by atomic mass is 16.5. The molecule has 0 aliphatic heterocycles. The molecule has 0 spiro atoms. The van der Waals surface area contributed by atoms with Gasteiger partial charge in [0.25, 0.3) is 0 Å². The van der Waals surface area contributed by atoms with Crippen LogP contribution in [-0.2, 0) is 14.3 Å². The van der Waals surface area contributed by atoms with Crippen LogP contribution in [0.25, 0.3) is 0 Å². The molecule has 0 N–H and O–H groups in total. The van der Waals surface area contributed by atoms with Crippen molar-refractivity contribution in [2.24, 2.45) is 0 Å². The molecule has 3 heteroatoms. The van der Waals surface area contributed by atoms with Crippen molar-refractivity contribution in [1.29, 1.82) is 0 Å². The molecule has 0 heterocycles. The first kappa shape index (κ1) is 10.4. The topological polar surface area (TPSA) is 35.5 Å². The Hall–Kier alpha value is -0.570. The molecule has 0 aliphatic carbocycles. The average Bonchev–Trinajstić information content (AvgIpc) is 2.01. The number of esters is 1. The fraction of sp³-hybridized carbons (Fsp3) is 0.875. The third-order valence-electron chi connectivity index (χ3n) is 1.12. The normalized spacial score (nSPS) is 9.64. The van der Waals surface area contributed by atoms with E-state index in [0.717, 1.165) is 6.42 Å². The van der Waals surface area contributed by atoms with E-state index in [0.29, 0.717) is 26.2 Å². The molecular weight excluding hydrogens is 144 g/mol. The van der Waals surface area contributed by atoms with Gasteiger partial charge in [0.2, 0.25) is 0 Å². The highest BCUT2D eigenvalue weighted by molar-refractivity contribution is 5.69. The maximum atomic E-state index is 10.8. The van der Waals surface area contributed by atoms with Gasteiger partial charge in [-0.2, -0.15) is 0 Å². The number of carbonyl (C=O) groups excluding carboxylic acids is 1. The molecule has 0 radical (unpaired) electrons. The van der Waals surface area contributed by atoms with Crippen LogP contribution < -0.4 is 0 Å². The summed E-state index contributed by atoms with van der Waals surface area (Å²) in [5.74, 6) is -0.166. The molecule has 0 aliphatic rings. The summed E-state index contributed by atoms with van der Waals surface area (Å²) in [7, 11) is 0. The largest absolute Gasteiger partial charge is 0.466 e. The number of ether oxygens (including phenoxy) is 2. The molecule has 66 valence electrons. The summed E-state index contributed by atoms with van der Waals surface area (Å²) in [6, 6.07) is 0. The lowest BCUT2D eigenvalue weighted by molar-refractivity contribution is -0.144. The van der Waals surface area contributed by atoms with E-state index in [-0.39, 0.29) is 5.97 Å². The van der Waals surface area contributed by atoms with Gasteiger partial charge in [0.05, 0.1) is 19.6 Å². The minimum atomic E-state index is -0.166. The number of carbonyl (C=O) groups is 1. The molecule has 0 saturated heterocycles. The predicted molar refractivity (Wildman–Crippen MR) is 42.4 cm³/mol. The first-order chi connectivity index (χ1) is 5.31. The van der Waals surface area contributed by atoms with Crippen molar-refractivity contribution < 1.29 is 14.3 Å². The smallest absolute Gasteiger partial charge is 0.308 e. The Kier molecular flexibility index (Phi) is 7.15. The summed E-state index contributed by atoms with van der Waals surface area (Å²) < 4.78 is 9.80. The Balaban J connectivity index is 3.09. The van der Waals surface area contributed by atoms with Gasteiger partial charge in [-0.15, -0.1) is 0 Å². The van der Waals surface area contributed by atoms with E-state index in [2.05, 4.69) is 0 Å². The molecule has 11 heavy (non-hydrogen) atoms. The summed E-state index contributed by atoms with van der Waals surface area (Å²) in [6.07, 6.45) is 1.24. The lowest BCUT2D eigenvalue weighted by atomic mass is 10.4. The van der Waals surface area contributed by atoms with Gasteiger partial charge in [0.1, 0.15) is 0 Å². The summed E-state index contributed by atoms with van der Waals surface area (Å²) in [5.41, 5.74) is 0. The van der Waals surface area contributed by atoms with Crippen molar-refractivity contribution in [1.82, 2.24) is 0 Å². The average molecular weight is 160 g/mol. The summed E-state index contributed by atoms with van der Waals surface area (Å²) in [6.45, 7) is 5.51. The second-order valence-electron chi connectivity index (χ2n) is 2.17. The van der Waals surface area contributed by atoms with Crippen molar-refractivity contribution >= 4 is 5.97 Å². The second-order valence-corrected chi connectivity index (χ2v) is 2.17. The van der Waals surface area contributed by atoms with Gasteiger partial charge >= 0.3 is 5.97 Å². The van der Waals surface area contributed by atoms with Crippen molar-refractivity contribution in [3.63, 3.8) is 0 Å². The Morgan fingerprint density at radius 1 is 1.27 bits per heavy atom. The van der Waals surface area contributed by atoms with Crippen LogP contribution in [0.5, 0.6) is 0 Å². The number of rotatable bonds is 6. The summed E-state index contributed by atoms with van der Waals surface area (Å²) in [5, 5.41) is 0. The Morgan fingerprint density at radius 2 is 2.00 bits per heavy atom. The van der Waals surface area contributed by atoms with Gasteiger partial charge in [-0.1, -0.05) is 6.92 Å². The maximum absolute atomic E-state index is 10.8. The highest BCUT2D eigenvalue weighted by Gasteiger charge is 1.99. The molecule has 0 fully saturated rings. The van der Waals surface area contributed by atoms with Crippen LogP contribution in [0, 0.1) is 0 Å². The van der Waals surface area contributed by atoms with Gasteiger partial charge in [-0.25, -0.2) is 0 Å². The zero-order valence-electron chi connectivity index (χ0n) is 7.26. The Morgan fingerprint density at radius 3 is 2.55 bits per heavy atom. The van der Waals surface area contributed by atoms with E-state index in [4.69, 9.17) is 9.47 Å². The SMILES string of the molecule is CCCOC(=O)CCOCC. The van der Waals surface area contributed by atoms with Crippen LogP contribution in [0.4, 0.5) is 0 Å². The van der Waals surface area contributed by atoms with Gasteiger partial charge in [0.15, 0.2) is 0 Å². The lowest BCUT2D eigenvalue weighted by Crippen LogP contribution is -2.08. The van der Waals surface area contributed by atoms with Crippen LogP contribution in [0.15, 0.2) is 0 Å². The minimum absolute atomic E-state index is 0.166. The van der Waals surface area contributed by atoms with E-state index in [1.165, 1.54) is 0 Å². The van der Waals surface area contributed by atoms with Gasteiger partial charge in [-0.05, 0) is 13.3 Å². The van der Waals surface area contributed by atoms with E-state index >= 15 is 0 Å². The molecule has 0 aromatic carbocycles. The van der Waals surface area contributed by atoms with E-state index in [1.54, 1.807) is 0 Å². The number of hydrogen-bond acceptors (Lipinski definition) is 3. The molecule has 0 aromatic rings. The van der Waals surface area contributed by atoms with E-state index in [1.807, 2.05) is 13.8 Å². The van der Waals surface area contributed by atoms with Gasteiger partial charge < -0.3 is 9.47 Å². The standard InChI is InChI=1S/C8H16O3/c1-3-6-11-8(9)5-7-10-4-2/h3-7H2,1-2H3. The Labute approximate surface area is 67.7 Å². The van der Waals surface area contributed by atoms with Gasteiger partial charge in [0, 0.05) is 6.61 Å². The minimum Gasteiger partial charge on any atom is -0.466 e. The number of hydrogen-bond donors (Lipinski definition) is 0. The predicted octanol–water partition coefficient (Wildman–Crippen LogP) is 1.37. The van der Waals surface area contributed by atoms with Gasteiger partial charge in [-0.3, -0.25) is 4.79 Å². The van der Waals surface area contributed by atoms with Crippen LogP contribution >= 0.6 is 0 Å². The zero-order valence-corrected chi connectivity index (χ0v) is 7.26. The molecular formula is C8H16O3. The van der Waals surface area contributed by atoms with Crippen LogP contribution in [-0.4, -0.2) is 25.8 Å².